The predicted octanol–water partition coefficient (Wildman–Crippen LogP) is 7.99. The van der Waals surface area contributed by atoms with Gasteiger partial charge in [0.1, 0.15) is 0 Å². The van der Waals surface area contributed by atoms with E-state index in [-0.39, 0.29) is 23.1 Å². The first kappa shape index (κ1) is 36.9. The first-order chi connectivity index (χ1) is 27.9. The third kappa shape index (κ3) is 7.39. The van der Waals surface area contributed by atoms with Gasteiger partial charge in [0.05, 0.1) is 0 Å². The second-order valence-electron chi connectivity index (χ2n) is 13.8. The van der Waals surface area contributed by atoms with Crippen molar-refractivity contribution in [2.24, 2.45) is 0 Å². The van der Waals surface area contributed by atoms with Gasteiger partial charge in [0, 0.05) is 0 Å². The van der Waals surface area contributed by atoms with E-state index in [0.717, 1.165) is 17.6 Å². The van der Waals surface area contributed by atoms with E-state index in [1.165, 1.54) is 0 Å². The molecule has 0 unspecified atom stereocenters. The minimum absolute atomic E-state index is 0.0726. The molecule has 4 nitrogen and oxygen atoms in total. The van der Waals surface area contributed by atoms with Crippen molar-refractivity contribution in [1.29, 1.82) is 0 Å². The molecule has 0 aromatic heterocycles. The van der Waals surface area contributed by atoms with E-state index in [2.05, 4.69) is 0 Å². The van der Waals surface area contributed by atoms with Gasteiger partial charge in [-0.25, -0.2) is 0 Å². The zero-order valence-corrected chi connectivity index (χ0v) is 33.0. The third-order valence-electron chi connectivity index (χ3n) is 10.5. The van der Waals surface area contributed by atoms with Crippen LogP contribution in [0.3, 0.4) is 0 Å². The molecular formula is C52H36GeO4. The van der Waals surface area contributed by atoms with E-state index < -0.39 is 13.3 Å². The molecule has 0 spiro atoms. The molecule has 0 saturated carbocycles. The van der Waals surface area contributed by atoms with Crippen molar-refractivity contribution in [3.63, 3.8) is 0 Å². The van der Waals surface area contributed by atoms with Crippen molar-refractivity contribution >= 4 is 54.0 Å². The molecule has 0 bridgehead atoms. The number of carbonyl (C=O) groups excluding carboxylic acids is 4. The fourth-order valence-electron chi connectivity index (χ4n) is 7.51. The first-order valence-electron chi connectivity index (χ1n) is 18.7. The minimum atomic E-state index is -4.09. The molecule has 272 valence electrons. The molecule has 8 rings (SSSR count). The molecule has 8 aromatic carbocycles. The Morgan fingerprint density at radius 1 is 0.211 bits per heavy atom. The molecule has 0 N–H and O–H groups in total. The molecule has 0 amide bonds. The van der Waals surface area contributed by atoms with Gasteiger partial charge in [-0.1, -0.05) is 0 Å². The van der Waals surface area contributed by atoms with Gasteiger partial charge in [-0.05, 0) is 0 Å². The standard InChI is InChI=1S/C52H36GeO4/c54-49(37-13-5-1-6-14-37)41-21-29-45(30-22-41)53(46-31-23-42(24-32-46)50(55)38-15-7-2-8-16-38,47-33-25-43(26-34-47)51(56)39-17-9-3-10-18-39)48-35-27-44(28-36-48)52(57)40-19-11-4-12-20-40/h1-36H. The topological polar surface area (TPSA) is 68.3 Å². The van der Waals surface area contributed by atoms with Crippen LogP contribution >= 0.6 is 0 Å². The predicted molar refractivity (Wildman–Crippen MR) is 230 cm³/mol. The molecule has 0 aliphatic rings. The van der Waals surface area contributed by atoms with Crippen molar-refractivity contribution in [3.8, 4) is 0 Å². The van der Waals surface area contributed by atoms with Gasteiger partial charge in [0.2, 0.25) is 0 Å². The van der Waals surface area contributed by atoms with Gasteiger partial charge in [-0.3, -0.25) is 0 Å². The number of rotatable bonds is 12. The average molecular weight is 797 g/mol. The fraction of sp³-hybridized carbons (Fsp3) is 0. The molecule has 5 heteroatoms. The Bertz CT molecular complexity index is 2290. The molecule has 0 fully saturated rings. The fourth-order valence-corrected chi connectivity index (χ4v) is 17.3. The van der Waals surface area contributed by atoms with Crippen LogP contribution in [0.25, 0.3) is 0 Å². The Hall–Kier alpha value is -7.02. The van der Waals surface area contributed by atoms with Crippen LogP contribution in [-0.4, -0.2) is 36.4 Å². The Morgan fingerprint density at radius 3 is 0.544 bits per heavy atom. The van der Waals surface area contributed by atoms with Gasteiger partial charge in [-0.15, -0.1) is 0 Å². The summed E-state index contributed by atoms with van der Waals surface area (Å²) in [5.74, 6) is -0.290. The van der Waals surface area contributed by atoms with E-state index in [1.54, 1.807) is 0 Å². The van der Waals surface area contributed by atoms with Gasteiger partial charge >= 0.3 is 336 Å². The van der Waals surface area contributed by atoms with E-state index in [0.29, 0.717) is 44.5 Å². The quantitative estimate of drug-likeness (QED) is 0.0930. The van der Waals surface area contributed by atoms with E-state index in [9.17, 15) is 19.2 Å². The second kappa shape index (κ2) is 16.4. The van der Waals surface area contributed by atoms with Crippen LogP contribution in [0.15, 0.2) is 218 Å². The first-order valence-corrected chi connectivity index (χ1v) is 22.9. The Kier molecular flexibility index (Phi) is 10.6. The summed E-state index contributed by atoms with van der Waals surface area (Å²) in [7, 11) is 0. The van der Waals surface area contributed by atoms with Gasteiger partial charge in [0.15, 0.2) is 0 Å². The molecule has 0 saturated heterocycles. The van der Waals surface area contributed by atoms with Crippen LogP contribution in [0.2, 0.25) is 0 Å². The van der Waals surface area contributed by atoms with Crippen LogP contribution in [0.1, 0.15) is 63.7 Å². The molecule has 0 radical (unpaired) electrons. The summed E-state index contributed by atoms with van der Waals surface area (Å²) in [5, 5.41) is 0. The zero-order chi connectivity index (χ0) is 39.2. The van der Waals surface area contributed by atoms with Crippen LogP contribution in [0, 0.1) is 0 Å². The summed E-state index contributed by atoms with van der Waals surface area (Å²) < 4.78 is 4.13. The van der Waals surface area contributed by atoms with Gasteiger partial charge in [0.25, 0.3) is 0 Å². The summed E-state index contributed by atoms with van der Waals surface area (Å²) in [5.41, 5.74) is 4.69. The molecule has 0 heterocycles. The van der Waals surface area contributed by atoms with Crippen LogP contribution < -0.4 is 17.6 Å². The monoisotopic (exact) mass is 798 g/mol. The van der Waals surface area contributed by atoms with Crippen molar-refractivity contribution < 1.29 is 19.2 Å². The van der Waals surface area contributed by atoms with Gasteiger partial charge in [-0.2, -0.15) is 0 Å². The van der Waals surface area contributed by atoms with Crippen LogP contribution in [0.4, 0.5) is 0 Å². The second-order valence-corrected chi connectivity index (χ2v) is 21.8. The average Bonchev–Trinajstić information content (AvgIpc) is 3.30. The zero-order valence-electron chi connectivity index (χ0n) is 30.9. The summed E-state index contributed by atoms with van der Waals surface area (Å²) in [6.45, 7) is 0. The summed E-state index contributed by atoms with van der Waals surface area (Å²) in [6.07, 6.45) is 0. The SMILES string of the molecule is O=C(c1ccccc1)c1cc[c]([Ge]([c]2ccc(C(=O)c3ccccc3)cc2)([c]2ccc(C(=O)c3ccccc3)cc2)[c]2ccc(C(=O)c3ccccc3)cc2)cc1. The number of hydrogen-bond acceptors (Lipinski definition) is 4. The van der Waals surface area contributed by atoms with Crippen molar-refractivity contribution in [1.82, 2.24) is 0 Å². The molecule has 8 aromatic rings. The van der Waals surface area contributed by atoms with Crippen LogP contribution in [0.5, 0.6) is 0 Å². The summed E-state index contributed by atoms with van der Waals surface area (Å²) in [6, 6.07) is 68.4. The Morgan fingerprint density at radius 2 is 0.368 bits per heavy atom. The molecule has 0 atom stereocenters. The molecule has 0 aliphatic heterocycles. The molecule has 57 heavy (non-hydrogen) atoms. The van der Waals surface area contributed by atoms with Crippen LogP contribution in [-0.2, 0) is 0 Å². The number of carbonyl (C=O) groups is 4. The maximum atomic E-state index is 13.6. The van der Waals surface area contributed by atoms with E-state index >= 15 is 0 Å². The summed E-state index contributed by atoms with van der Waals surface area (Å²) in [4.78, 5) is 54.4. The van der Waals surface area contributed by atoms with Crippen molar-refractivity contribution in [2.45, 2.75) is 0 Å². The maximum absolute atomic E-state index is 13.6. The summed E-state index contributed by atoms with van der Waals surface area (Å²) >= 11 is -4.09. The van der Waals surface area contributed by atoms with E-state index in [4.69, 9.17) is 0 Å². The van der Waals surface area contributed by atoms with Gasteiger partial charge < -0.3 is 0 Å². The number of hydrogen-bond donors (Lipinski definition) is 0. The normalized spacial score (nSPS) is 11.1. The van der Waals surface area contributed by atoms with E-state index in [1.807, 2.05) is 218 Å². The third-order valence-corrected chi connectivity index (χ3v) is 20.5. The molecular weight excluding hydrogens is 761 g/mol. The Labute approximate surface area is 334 Å². The molecule has 0 aliphatic carbocycles. The van der Waals surface area contributed by atoms with Crippen molar-refractivity contribution in [3.05, 3.63) is 263 Å². The number of benzene rings is 8. The van der Waals surface area contributed by atoms with Crippen molar-refractivity contribution in [2.75, 3.05) is 0 Å². The number of ketones is 4. The Balaban J connectivity index is 1.31.